The van der Waals surface area contributed by atoms with Crippen molar-refractivity contribution in [1.29, 1.82) is 0 Å². The zero-order chi connectivity index (χ0) is 29.3. The minimum atomic E-state index is -0.264. The molecule has 2 heterocycles. The number of nitrogens with one attached hydrogen (secondary N) is 2. The molecular formula is C35H46N4O3. The largest absolute Gasteiger partial charge is 0.495 e. The van der Waals surface area contributed by atoms with Crippen molar-refractivity contribution >= 4 is 22.6 Å². The Bertz CT molecular complexity index is 1320. The van der Waals surface area contributed by atoms with E-state index in [1.807, 2.05) is 42.5 Å². The molecule has 0 unspecified atom stereocenters. The number of hydrogen-bond donors (Lipinski definition) is 2. The zero-order valence-corrected chi connectivity index (χ0v) is 25.2. The average molecular weight is 571 g/mol. The van der Waals surface area contributed by atoms with Gasteiger partial charge in [0.25, 0.3) is 5.91 Å². The van der Waals surface area contributed by atoms with E-state index in [-0.39, 0.29) is 23.9 Å². The Kier molecular flexibility index (Phi) is 10.5. The summed E-state index contributed by atoms with van der Waals surface area (Å²) in [4.78, 5) is 31.9. The highest BCUT2D eigenvalue weighted by Crippen LogP contribution is 2.30. The lowest BCUT2D eigenvalue weighted by Crippen LogP contribution is -2.50. The van der Waals surface area contributed by atoms with Crippen LogP contribution in [-0.4, -0.2) is 80.1 Å². The van der Waals surface area contributed by atoms with Gasteiger partial charge in [-0.25, -0.2) is 0 Å². The molecule has 3 aromatic carbocycles. The molecule has 2 aliphatic heterocycles. The Morgan fingerprint density at radius 3 is 2.52 bits per heavy atom. The summed E-state index contributed by atoms with van der Waals surface area (Å²) in [6, 6.07) is 22.0. The number of fused-ring (bicyclic) bond motifs is 1. The summed E-state index contributed by atoms with van der Waals surface area (Å²) in [5, 5.41) is 8.77. The number of piperidine rings is 1. The molecule has 2 amide bonds. The van der Waals surface area contributed by atoms with Crippen molar-refractivity contribution in [3.63, 3.8) is 0 Å². The van der Waals surface area contributed by atoms with Crippen molar-refractivity contribution < 1.29 is 14.3 Å². The molecule has 7 heteroatoms. The Hall–Kier alpha value is -3.42. The van der Waals surface area contributed by atoms with Gasteiger partial charge >= 0.3 is 0 Å². The maximum absolute atomic E-state index is 14.0. The number of ether oxygens (including phenoxy) is 1. The van der Waals surface area contributed by atoms with Crippen molar-refractivity contribution in [2.75, 3.05) is 46.4 Å². The number of rotatable bonds is 11. The highest BCUT2D eigenvalue weighted by molar-refractivity contribution is 6.03. The minimum Gasteiger partial charge on any atom is -0.495 e. The van der Waals surface area contributed by atoms with Crippen LogP contribution in [-0.2, 0) is 4.79 Å². The first-order valence-corrected chi connectivity index (χ1v) is 15.7. The Morgan fingerprint density at radius 1 is 1.00 bits per heavy atom. The fraction of sp³-hybridized carbons (Fsp3) is 0.486. The molecule has 3 atom stereocenters. The normalized spacial score (nSPS) is 20.7. The van der Waals surface area contributed by atoms with Gasteiger partial charge in [-0.15, -0.1) is 0 Å². The predicted octanol–water partition coefficient (Wildman–Crippen LogP) is 5.21. The molecule has 2 fully saturated rings. The summed E-state index contributed by atoms with van der Waals surface area (Å²) in [5.41, 5.74) is 1.81. The van der Waals surface area contributed by atoms with Gasteiger partial charge in [-0.2, -0.15) is 0 Å². The molecule has 0 aromatic heterocycles. The lowest BCUT2D eigenvalue weighted by atomic mass is 9.95. The molecule has 2 saturated heterocycles. The van der Waals surface area contributed by atoms with Gasteiger partial charge in [0.2, 0.25) is 5.91 Å². The van der Waals surface area contributed by atoms with Gasteiger partial charge < -0.3 is 25.2 Å². The average Bonchev–Trinajstić information content (AvgIpc) is 3.19. The first-order chi connectivity index (χ1) is 20.6. The van der Waals surface area contributed by atoms with Crippen molar-refractivity contribution in [2.45, 2.75) is 63.5 Å². The van der Waals surface area contributed by atoms with Crippen LogP contribution in [0, 0.1) is 0 Å². The van der Waals surface area contributed by atoms with Gasteiger partial charge in [-0.1, -0.05) is 74.0 Å². The van der Waals surface area contributed by atoms with E-state index in [0.717, 1.165) is 49.7 Å². The molecule has 0 saturated carbocycles. The number of amides is 2. The molecule has 0 bridgehead atoms. The van der Waals surface area contributed by atoms with Gasteiger partial charge in [-0.05, 0) is 62.2 Å². The highest BCUT2D eigenvalue weighted by Gasteiger charge is 2.32. The summed E-state index contributed by atoms with van der Waals surface area (Å²) in [5.74, 6) is 0.916. The van der Waals surface area contributed by atoms with Crippen LogP contribution >= 0.6 is 0 Å². The van der Waals surface area contributed by atoms with E-state index in [1.54, 1.807) is 7.11 Å². The van der Waals surface area contributed by atoms with E-state index in [2.05, 4.69) is 51.6 Å². The van der Waals surface area contributed by atoms with Gasteiger partial charge in [-0.3, -0.25) is 9.59 Å². The van der Waals surface area contributed by atoms with Crippen molar-refractivity contribution in [3.8, 4) is 5.75 Å². The Balaban J connectivity index is 1.28. The molecule has 7 nitrogen and oxygen atoms in total. The minimum absolute atomic E-state index is 0.00231. The summed E-state index contributed by atoms with van der Waals surface area (Å²) < 4.78 is 5.68. The number of methoxy groups -OCH3 is 1. The van der Waals surface area contributed by atoms with Gasteiger partial charge in [0.15, 0.2) is 0 Å². The summed E-state index contributed by atoms with van der Waals surface area (Å²) >= 11 is 0. The van der Waals surface area contributed by atoms with Crippen LogP contribution < -0.4 is 15.4 Å². The molecule has 42 heavy (non-hydrogen) atoms. The van der Waals surface area contributed by atoms with E-state index in [1.165, 1.54) is 24.8 Å². The lowest BCUT2D eigenvalue weighted by Gasteiger charge is -2.31. The second kappa shape index (κ2) is 14.7. The van der Waals surface area contributed by atoms with Crippen LogP contribution in [0.5, 0.6) is 5.75 Å². The molecular weight excluding hydrogens is 524 g/mol. The second-order valence-electron chi connectivity index (χ2n) is 11.8. The SMILES string of the molecule is CC[C@H](CN1CC[C@@H](CNC(=O)c2ccc3ccccc3c2OC)N[C@@H](CCN2CCCCC2)C1=O)c1ccccc1. The third-order valence-corrected chi connectivity index (χ3v) is 9.02. The Morgan fingerprint density at radius 2 is 1.76 bits per heavy atom. The first-order valence-electron chi connectivity index (χ1n) is 15.7. The van der Waals surface area contributed by atoms with E-state index < -0.39 is 0 Å². The van der Waals surface area contributed by atoms with Gasteiger partial charge in [0, 0.05) is 43.5 Å². The molecule has 2 aliphatic rings. The maximum atomic E-state index is 14.0. The molecule has 0 spiro atoms. The molecule has 0 radical (unpaired) electrons. The highest BCUT2D eigenvalue weighted by atomic mass is 16.5. The standard InChI is InChI=1S/C35H46N4O3/c1-3-26(27-12-6-4-7-13-27)25-39-23-18-29(37-32(35(39)41)19-22-38-20-10-5-11-21-38)24-36-34(40)31-17-16-28-14-8-9-15-30(28)33(31)42-2/h4,6-9,12-17,26,29,32,37H,3,5,10-11,18-25H2,1-2H3,(H,36,40)/t26-,29+,32+/m1/s1. The maximum Gasteiger partial charge on any atom is 0.255 e. The van der Waals surface area contributed by atoms with Crippen LogP contribution in [0.2, 0.25) is 0 Å². The van der Waals surface area contributed by atoms with Crippen LogP contribution in [0.25, 0.3) is 10.8 Å². The first kappa shape index (κ1) is 30.1. The van der Waals surface area contributed by atoms with E-state index in [9.17, 15) is 9.59 Å². The molecule has 224 valence electrons. The number of nitrogens with zero attached hydrogens (tertiary/aromatic N) is 2. The second-order valence-corrected chi connectivity index (χ2v) is 11.8. The van der Waals surface area contributed by atoms with E-state index in [0.29, 0.717) is 36.9 Å². The van der Waals surface area contributed by atoms with E-state index >= 15 is 0 Å². The summed E-state index contributed by atoms with van der Waals surface area (Å²) in [6.07, 6.45) is 6.31. The third-order valence-electron chi connectivity index (χ3n) is 9.02. The fourth-order valence-electron chi connectivity index (χ4n) is 6.54. The van der Waals surface area contributed by atoms with Crippen LogP contribution in [0.15, 0.2) is 66.7 Å². The number of carbonyl (C=O) groups is 2. The topological polar surface area (TPSA) is 73.9 Å². The quantitative estimate of drug-likeness (QED) is 0.331. The number of carbonyl (C=O) groups excluding carboxylic acids is 2. The van der Waals surface area contributed by atoms with Crippen LogP contribution in [0.4, 0.5) is 0 Å². The lowest BCUT2D eigenvalue weighted by molar-refractivity contribution is -0.133. The smallest absolute Gasteiger partial charge is 0.255 e. The monoisotopic (exact) mass is 570 g/mol. The molecule has 0 aliphatic carbocycles. The van der Waals surface area contributed by atoms with Gasteiger partial charge in [0.05, 0.1) is 18.7 Å². The van der Waals surface area contributed by atoms with Crippen LogP contribution in [0.1, 0.15) is 67.3 Å². The van der Waals surface area contributed by atoms with Crippen molar-refractivity contribution in [1.82, 2.24) is 20.4 Å². The number of hydrogen-bond acceptors (Lipinski definition) is 5. The zero-order valence-electron chi connectivity index (χ0n) is 25.2. The third kappa shape index (κ3) is 7.31. The summed E-state index contributed by atoms with van der Waals surface area (Å²) in [6.45, 7) is 7.19. The molecule has 5 rings (SSSR count). The molecule has 2 N–H and O–H groups in total. The van der Waals surface area contributed by atoms with Crippen molar-refractivity contribution in [3.05, 3.63) is 77.9 Å². The predicted molar refractivity (Wildman–Crippen MR) is 169 cm³/mol. The van der Waals surface area contributed by atoms with Crippen LogP contribution in [0.3, 0.4) is 0 Å². The summed E-state index contributed by atoms with van der Waals surface area (Å²) in [7, 11) is 1.61. The van der Waals surface area contributed by atoms with E-state index in [4.69, 9.17) is 4.74 Å². The molecule has 3 aromatic rings. The van der Waals surface area contributed by atoms with Gasteiger partial charge in [0.1, 0.15) is 5.75 Å². The fourth-order valence-corrected chi connectivity index (χ4v) is 6.54. The number of likely N-dealkylation sites (tertiary alicyclic amines) is 1. The van der Waals surface area contributed by atoms with Crippen molar-refractivity contribution in [2.24, 2.45) is 0 Å². The Labute approximate surface area is 250 Å². The number of benzene rings is 3.